The van der Waals surface area contributed by atoms with Gasteiger partial charge in [0.15, 0.2) is 0 Å². The second-order valence-electron chi connectivity index (χ2n) is 7.31. The highest BCUT2D eigenvalue weighted by molar-refractivity contribution is 7.90. The van der Waals surface area contributed by atoms with E-state index in [1.807, 2.05) is 20.8 Å². The Morgan fingerprint density at radius 3 is 1.95 bits per heavy atom. The lowest BCUT2D eigenvalue weighted by molar-refractivity contribution is 0.0339. The molecular weight excluding hydrogens is 276 g/mol. The summed E-state index contributed by atoms with van der Waals surface area (Å²) in [6, 6.07) is 0. The van der Waals surface area contributed by atoms with Crippen LogP contribution in [-0.2, 0) is 14.8 Å². The third-order valence-electron chi connectivity index (χ3n) is 3.54. The van der Waals surface area contributed by atoms with E-state index >= 15 is 0 Å². The summed E-state index contributed by atoms with van der Waals surface area (Å²) in [6.45, 7) is 15.7. The van der Waals surface area contributed by atoms with Crippen LogP contribution in [0.4, 0.5) is 0 Å². The van der Waals surface area contributed by atoms with Gasteiger partial charge < -0.3 is 4.74 Å². The maximum Gasteiger partial charge on any atom is 0.219 e. The predicted octanol–water partition coefficient (Wildman–Crippen LogP) is 1.55. The fourth-order valence-corrected chi connectivity index (χ4v) is 3.91. The maximum atomic E-state index is 12.8. The minimum Gasteiger partial charge on any atom is -0.379 e. The molecule has 0 aliphatic carbocycles. The highest BCUT2D eigenvalue weighted by atomic mass is 32.2. The van der Waals surface area contributed by atoms with Gasteiger partial charge in [0, 0.05) is 31.7 Å². The number of hydrogen-bond donors (Lipinski definition) is 0. The van der Waals surface area contributed by atoms with Crippen molar-refractivity contribution < 1.29 is 13.2 Å². The molecule has 0 N–H and O–H groups in total. The predicted molar refractivity (Wildman–Crippen MR) is 82.4 cm³/mol. The molecular formula is C14H30N2O3S. The van der Waals surface area contributed by atoms with Gasteiger partial charge in [-0.25, -0.2) is 8.42 Å². The molecule has 0 saturated carbocycles. The molecule has 0 unspecified atom stereocenters. The average molecular weight is 306 g/mol. The Morgan fingerprint density at radius 2 is 1.55 bits per heavy atom. The van der Waals surface area contributed by atoms with Crippen LogP contribution < -0.4 is 0 Å². The zero-order valence-corrected chi connectivity index (χ0v) is 14.6. The van der Waals surface area contributed by atoms with Crippen LogP contribution in [-0.4, -0.2) is 67.3 Å². The number of morpholine rings is 1. The number of nitrogens with zero attached hydrogens (tertiary/aromatic N) is 2. The molecule has 5 nitrogen and oxygen atoms in total. The van der Waals surface area contributed by atoms with Gasteiger partial charge in [0.1, 0.15) is 0 Å². The van der Waals surface area contributed by atoms with Crippen LogP contribution in [0.5, 0.6) is 0 Å². The van der Waals surface area contributed by atoms with E-state index in [0.717, 1.165) is 32.8 Å². The second kappa shape index (κ2) is 6.30. The Morgan fingerprint density at radius 1 is 1.05 bits per heavy atom. The van der Waals surface area contributed by atoms with Gasteiger partial charge in [0.2, 0.25) is 10.0 Å². The van der Waals surface area contributed by atoms with Crippen LogP contribution >= 0.6 is 0 Å². The van der Waals surface area contributed by atoms with Gasteiger partial charge in [0.25, 0.3) is 0 Å². The Bertz CT molecular complexity index is 401. The number of hydrogen-bond acceptors (Lipinski definition) is 4. The van der Waals surface area contributed by atoms with Gasteiger partial charge in [-0.2, -0.15) is 4.31 Å². The second-order valence-corrected chi connectivity index (χ2v) is 9.93. The van der Waals surface area contributed by atoms with Crippen molar-refractivity contribution in [3.05, 3.63) is 0 Å². The molecule has 0 aromatic carbocycles. The first kappa shape index (κ1) is 17.9. The van der Waals surface area contributed by atoms with E-state index in [9.17, 15) is 8.42 Å². The van der Waals surface area contributed by atoms with Gasteiger partial charge in [-0.1, -0.05) is 0 Å². The third-order valence-corrected chi connectivity index (χ3v) is 6.39. The molecule has 1 rings (SSSR count). The minimum atomic E-state index is -3.32. The lowest BCUT2D eigenvalue weighted by atomic mass is 10.1. The summed E-state index contributed by atoms with van der Waals surface area (Å²) < 4.78 is 31.7. The first-order chi connectivity index (χ1) is 8.96. The topological polar surface area (TPSA) is 49.9 Å². The molecule has 0 radical (unpaired) electrons. The van der Waals surface area contributed by atoms with Gasteiger partial charge in [-0.05, 0) is 41.5 Å². The van der Waals surface area contributed by atoms with Gasteiger partial charge >= 0.3 is 0 Å². The van der Waals surface area contributed by atoms with Crippen LogP contribution in [0.3, 0.4) is 0 Å². The first-order valence-electron chi connectivity index (χ1n) is 7.29. The van der Waals surface area contributed by atoms with E-state index in [0.29, 0.717) is 6.54 Å². The van der Waals surface area contributed by atoms with Crippen molar-refractivity contribution in [3.8, 4) is 0 Å². The lowest BCUT2D eigenvalue weighted by Crippen LogP contribution is -2.54. The molecule has 0 aromatic heterocycles. The Balaban J connectivity index is 2.81. The molecule has 120 valence electrons. The number of rotatable bonds is 4. The van der Waals surface area contributed by atoms with E-state index < -0.39 is 20.3 Å². The molecule has 1 heterocycles. The van der Waals surface area contributed by atoms with Crippen molar-refractivity contribution in [1.82, 2.24) is 9.21 Å². The van der Waals surface area contributed by atoms with Crippen molar-refractivity contribution >= 4 is 10.0 Å². The minimum absolute atomic E-state index is 0.404. The zero-order chi connectivity index (χ0) is 15.6. The molecule has 0 amide bonds. The van der Waals surface area contributed by atoms with Crippen LogP contribution in [0.1, 0.15) is 41.5 Å². The van der Waals surface area contributed by atoms with E-state index in [1.165, 1.54) is 0 Å². The van der Waals surface area contributed by atoms with E-state index in [-0.39, 0.29) is 0 Å². The summed E-state index contributed by atoms with van der Waals surface area (Å²) >= 11 is 0. The molecule has 0 atom stereocenters. The average Bonchev–Trinajstić information content (AvgIpc) is 2.27. The quantitative estimate of drug-likeness (QED) is 0.791. The van der Waals surface area contributed by atoms with Crippen LogP contribution in [0.25, 0.3) is 0 Å². The SMILES string of the molecule is CC(C)(C)N(CCN1CCOCC1)S(=O)(=O)C(C)(C)C. The molecule has 6 heteroatoms. The molecule has 0 bridgehead atoms. The van der Waals surface area contributed by atoms with Gasteiger partial charge in [0.05, 0.1) is 18.0 Å². The molecule has 1 fully saturated rings. The van der Waals surface area contributed by atoms with Crippen LogP contribution in [0.2, 0.25) is 0 Å². The molecule has 1 aliphatic heterocycles. The van der Waals surface area contributed by atoms with Crippen molar-refractivity contribution in [2.45, 2.75) is 51.8 Å². The first-order valence-corrected chi connectivity index (χ1v) is 8.73. The summed E-state index contributed by atoms with van der Waals surface area (Å²) in [5.41, 5.74) is -0.404. The van der Waals surface area contributed by atoms with Gasteiger partial charge in [-0.15, -0.1) is 0 Å². The fraction of sp³-hybridized carbons (Fsp3) is 1.00. The van der Waals surface area contributed by atoms with E-state index in [4.69, 9.17) is 4.74 Å². The molecule has 1 saturated heterocycles. The number of sulfonamides is 1. The van der Waals surface area contributed by atoms with Crippen molar-refractivity contribution in [2.75, 3.05) is 39.4 Å². The molecule has 1 aliphatic rings. The van der Waals surface area contributed by atoms with Gasteiger partial charge in [-0.3, -0.25) is 4.90 Å². The van der Waals surface area contributed by atoms with E-state index in [1.54, 1.807) is 25.1 Å². The lowest BCUT2D eigenvalue weighted by Gasteiger charge is -2.40. The Hall–Kier alpha value is -0.170. The van der Waals surface area contributed by atoms with Crippen molar-refractivity contribution in [2.24, 2.45) is 0 Å². The third kappa shape index (κ3) is 4.41. The van der Waals surface area contributed by atoms with Crippen molar-refractivity contribution in [1.29, 1.82) is 0 Å². The van der Waals surface area contributed by atoms with Crippen molar-refractivity contribution in [3.63, 3.8) is 0 Å². The highest BCUT2D eigenvalue weighted by Gasteiger charge is 2.40. The maximum absolute atomic E-state index is 12.8. The fourth-order valence-electron chi connectivity index (χ4n) is 2.20. The molecule has 20 heavy (non-hydrogen) atoms. The Kier molecular flexibility index (Phi) is 5.63. The summed E-state index contributed by atoms with van der Waals surface area (Å²) in [6.07, 6.45) is 0. The summed E-state index contributed by atoms with van der Waals surface area (Å²) in [7, 11) is -3.32. The number of ether oxygens (including phenoxy) is 1. The largest absolute Gasteiger partial charge is 0.379 e. The standard InChI is InChI=1S/C14H30N2O3S/c1-13(2,3)16(20(17,18)14(4,5)6)8-7-15-9-11-19-12-10-15/h7-12H2,1-6H3. The van der Waals surface area contributed by atoms with Crippen LogP contribution in [0.15, 0.2) is 0 Å². The van der Waals surface area contributed by atoms with E-state index in [2.05, 4.69) is 4.90 Å². The van der Waals surface area contributed by atoms with Crippen LogP contribution in [0, 0.1) is 0 Å². The molecule has 0 spiro atoms. The normalized spacial score (nSPS) is 19.6. The Labute approximate surface area is 124 Å². The molecule has 0 aromatic rings. The monoisotopic (exact) mass is 306 g/mol. The zero-order valence-electron chi connectivity index (χ0n) is 13.8. The summed E-state index contributed by atoms with van der Waals surface area (Å²) in [5.74, 6) is 0. The highest BCUT2D eigenvalue weighted by Crippen LogP contribution is 2.27. The summed E-state index contributed by atoms with van der Waals surface area (Å²) in [4.78, 5) is 2.26. The smallest absolute Gasteiger partial charge is 0.219 e. The summed E-state index contributed by atoms with van der Waals surface area (Å²) in [5, 5.41) is 0.